The fraction of sp³-hybridized carbons (Fsp3) is 0.700. The topological polar surface area (TPSA) is 35.3 Å². The maximum atomic E-state index is 5.81. The molecule has 0 fully saturated rings. The highest BCUT2D eigenvalue weighted by atomic mass is 35.5. The highest BCUT2D eigenvalue weighted by Crippen LogP contribution is 2.20. The predicted octanol–water partition coefficient (Wildman–Crippen LogP) is 3.29. The zero-order valence-electron chi connectivity index (χ0n) is 9.00. The second-order valence-electron chi connectivity index (χ2n) is 4.18. The quantitative estimate of drug-likeness (QED) is 0.729. The summed E-state index contributed by atoms with van der Waals surface area (Å²) in [6.07, 6.45) is 1.65. The van der Waals surface area contributed by atoms with E-state index in [4.69, 9.17) is 20.8 Å². The van der Waals surface area contributed by atoms with Gasteiger partial charge in [-0.3, -0.25) is 0 Å². The van der Waals surface area contributed by atoms with Crippen LogP contribution in [0.15, 0.2) is 10.6 Å². The predicted molar refractivity (Wildman–Crippen MR) is 55.3 cm³/mol. The Kier molecular flexibility index (Phi) is 3.56. The summed E-state index contributed by atoms with van der Waals surface area (Å²) >= 11 is 5.81. The molecule has 1 heterocycles. The molecular weight excluding hydrogens is 202 g/mol. The molecule has 1 aromatic rings. The summed E-state index contributed by atoms with van der Waals surface area (Å²) in [5, 5.41) is -0.196. The molecule has 1 rings (SSSR count). The minimum absolute atomic E-state index is 0.167. The van der Waals surface area contributed by atoms with Crippen LogP contribution < -0.4 is 0 Å². The molecule has 0 spiro atoms. The standard InChI is InChI=1S/C10H16ClNO2/c1-7(11)9-12-5-8(14-9)6-13-10(2,3)4/h5,7H,6H2,1-4H3. The Labute approximate surface area is 89.4 Å². The van der Waals surface area contributed by atoms with Gasteiger partial charge in [-0.25, -0.2) is 4.98 Å². The highest BCUT2D eigenvalue weighted by molar-refractivity contribution is 6.20. The van der Waals surface area contributed by atoms with E-state index in [9.17, 15) is 0 Å². The van der Waals surface area contributed by atoms with Gasteiger partial charge >= 0.3 is 0 Å². The van der Waals surface area contributed by atoms with Gasteiger partial charge in [0.25, 0.3) is 0 Å². The molecule has 0 radical (unpaired) electrons. The summed E-state index contributed by atoms with van der Waals surface area (Å²) in [5.74, 6) is 1.25. The number of aromatic nitrogens is 1. The zero-order chi connectivity index (χ0) is 10.8. The van der Waals surface area contributed by atoms with Crippen molar-refractivity contribution in [2.45, 2.75) is 45.3 Å². The molecule has 1 unspecified atom stereocenters. The second kappa shape index (κ2) is 4.32. The molecule has 4 heteroatoms. The van der Waals surface area contributed by atoms with Gasteiger partial charge in [0.2, 0.25) is 5.89 Å². The van der Waals surface area contributed by atoms with E-state index in [1.54, 1.807) is 6.20 Å². The van der Waals surface area contributed by atoms with Crippen LogP contribution in [0.5, 0.6) is 0 Å². The largest absolute Gasteiger partial charge is 0.442 e. The van der Waals surface area contributed by atoms with Gasteiger partial charge < -0.3 is 9.15 Å². The number of hydrogen-bond acceptors (Lipinski definition) is 3. The number of nitrogens with zero attached hydrogens (tertiary/aromatic N) is 1. The van der Waals surface area contributed by atoms with Crippen LogP contribution in [-0.4, -0.2) is 10.6 Å². The van der Waals surface area contributed by atoms with Crippen molar-refractivity contribution in [2.75, 3.05) is 0 Å². The van der Waals surface area contributed by atoms with Crippen LogP contribution in [0.1, 0.15) is 44.7 Å². The first-order chi connectivity index (χ1) is 6.38. The molecular formula is C10H16ClNO2. The third-order valence-corrected chi connectivity index (χ3v) is 1.75. The van der Waals surface area contributed by atoms with E-state index in [1.165, 1.54) is 0 Å². The highest BCUT2D eigenvalue weighted by Gasteiger charge is 2.13. The molecule has 0 saturated carbocycles. The van der Waals surface area contributed by atoms with E-state index in [2.05, 4.69) is 4.98 Å². The van der Waals surface area contributed by atoms with Crippen molar-refractivity contribution in [1.29, 1.82) is 0 Å². The average Bonchev–Trinajstić information content (AvgIpc) is 2.47. The minimum atomic E-state index is -0.196. The van der Waals surface area contributed by atoms with Gasteiger partial charge in [-0.1, -0.05) is 0 Å². The zero-order valence-corrected chi connectivity index (χ0v) is 9.76. The number of alkyl halides is 1. The lowest BCUT2D eigenvalue weighted by Gasteiger charge is -2.18. The van der Waals surface area contributed by atoms with Gasteiger partial charge in [0.15, 0.2) is 0 Å². The van der Waals surface area contributed by atoms with Crippen LogP contribution in [0, 0.1) is 0 Å². The van der Waals surface area contributed by atoms with Gasteiger partial charge in [-0.15, -0.1) is 11.6 Å². The summed E-state index contributed by atoms with van der Waals surface area (Å²) in [5.41, 5.74) is -0.167. The molecule has 0 amide bonds. The smallest absolute Gasteiger partial charge is 0.212 e. The third kappa shape index (κ3) is 3.68. The molecule has 0 N–H and O–H groups in total. The van der Waals surface area contributed by atoms with E-state index in [0.29, 0.717) is 18.3 Å². The van der Waals surface area contributed by atoms with Crippen LogP contribution in [0.3, 0.4) is 0 Å². The summed E-state index contributed by atoms with van der Waals surface area (Å²) in [7, 11) is 0. The van der Waals surface area contributed by atoms with Crippen molar-refractivity contribution in [3.63, 3.8) is 0 Å². The van der Waals surface area contributed by atoms with Gasteiger partial charge in [-0.2, -0.15) is 0 Å². The van der Waals surface area contributed by atoms with Crippen LogP contribution in [0.25, 0.3) is 0 Å². The van der Waals surface area contributed by atoms with Crippen molar-refractivity contribution in [3.05, 3.63) is 17.8 Å². The Morgan fingerprint density at radius 3 is 2.64 bits per heavy atom. The Morgan fingerprint density at radius 2 is 2.21 bits per heavy atom. The Balaban J connectivity index is 2.52. The van der Waals surface area contributed by atoms with E-state index in [0.717, 1.165) is 0 Å². The SMILES string of the molecule is CC(Cl)c1ncc(COC(C)(C)C)o1. The maximum Gasteiger partial charge on any atom is 0.212 e. The number of oxazole rings is 1. The van der Waals surface area contributed by atoms with E-state index < -0.39 is 0 Å². The summed E-state index contributed by atoms with van der Waals surface area (Å²) in [6.45, 7) is 8.24. The van der Waals surface area contributed by atoms with Crippen LogP contribution in [-0.2, 0) is 11.3 Å². The lowest BCUT2D eigenvalue weighted by Crippen LogP contribution is -2.18. The molecule has 0 saturated heterocycles. The summed E-state index contributed by atoms with van der Waals surface area (Å²) in [6, 6.07) is 0. The summed E-state index contributed by atoms with van der Waals surface area (Å²) in [4.78, 5) is 4.04. The van der Waals surface area contributed by atoms with E-state index >= 15 is 0 Å². The first kappa shape index (κ1) is 11.5. The van der Waals surface area contributed by atoms with E-state index in [1.807, 2.05) is 27.7 Å². The van der Waals surface area contributed by atoms with Crippen molar-refractivity contribution in [1.82, 2.24) is 4.98 Å². The molecule has 0 bridgehead atoms. The molecule has 0 aromatic carbocycles. The maximum absolute atomic E-state index is 5.81. The second-order valence-corrected chi connectivity index (χ2v) is 4.84. The first-order valence-corrected chi connectivity index (χ1v) is 5.05. The van der Waals surface area contributed by atoms with Crippen molar-refractivity contribution >= 4 is 11.6 Å². The molecule has 0 aliphatic carbocycles. The van der Waals surface area contributed by atoms with E-state index in [-0.39, 0.29) is 11.0 Å². The molecule has 0 aliphatic rings. The fourth-order valence-corrected chi connectivity index (χ4v) is 0.962. The Hall–Kier alpha value is -0.540. The van der Waals surface area contributed by atoms with Crippen molar-refractivity contribution < 1.29 is 9.15 Å². The normalized spacial score (nSPS) is 14.4. The average molecular weight is 218 g/mol. The minimum Gasteiger partial charge on any atom is -0.442 e. The van der Waals surface area contributed by atoms with Crippen LogP contribution in [0.4, 0.5) is 0 Å². The number of halogens is 1. The monoisotopic (exact) mass is 217 g/mol. The number of rotatable bonds is 3. The Morgan fingerprint density at radius 1 is 1.57 bits per heavy atom. The summed E-state index contributed by atoms with van der Waals surface area (Å²) < 4.78 is 10.9. The number of ether oxygens (including phenoxy) is 1. The van der Waals surface area contributed by atoms with Crippen LogP contribution in [0.2, 0.25) is 0 Å². The van der Waals surface area contributed by atoms with Gasteiger partial charge in [0.05, 0.1) is 11.8 Å². The van der Waals surface area contributed by atoms with Gasteiger partial charge in [0.1, 0.15) is 17.7 Å². The first-order valence-electron chi connectivity index (χ1n) is 4.61. The van der Waals surface area contributed by atoms with Gasteiger partial charge in [0, 0.05) is 0 Å². The number of hydrogen-bond donors (Lipinski definition) is 0. The lowest BCUT2D eigenvalue weighted by molar-refractivity contribution is -0.0227. The molecule has 80 valence electrons. The van der Waals surface area contributed by atoms with Crippen LogP contribution >= 0.6 is 11.6 Å². The lowest BCUT2D eigenvalue weighted by atomic mass is 10.2. The molecule has 1 aromatic heterocycles. The van der Waals surface area contributed by atoms with Gasteiger partial charge in [-0.05, 0) is 27.7 Å². The molecule has 14 heavy (non-hydrogen) atoms. The Bertz CT molecular complexity index is 289. The fourth-order valence-electron chi connectivity index (χ4n) is 0.861. The molecule has 3 nitrogen and oxygen atoms in total. The van der Waals surface area contributed by atoms with Crippen molar-refractivity contribution in [3.8, 4) is 0 Å². The van der Waals surface area contributed by atoms with Crippen molar-refractivity contribution in [2.24, 2.45) is 0 Å². The third-order valence-electron chi connectivity index (χ3n) is 1.56. The molecule has 0 aliphatic heterocycles. The molecule has 1 atom stereocenters.